The maximum absolute atomic E-state index is 13.0. The van der Waals surface area contributed by atoms with Gasteiger partial charge in [-0.05, 0) is 55.2 Å². The highest BCUT2D eigenvalue weighted by Gasteiger charge is 2.28. The molecule has 1 aliphatic rings. The predicted molar refractivity (Wildman–Crippen MR) is 113 cm³/mol. The van der Waals surface area contributed by atoms with Gasteiger partial charge in [-0.2, -0.15) is 0 Å². The molecule has 0 bridgehead atoms. The van der Waals surface area contributed by atoms with Gasteiger partial charge in [0.25, 0.3) is 5.91 Å². The number of carbonyl (C=O) groups excluding carboxylic acids is 1. The molecule has 4 rings (SSSR count). The molecule has 28 heavy (non-hydrogen) atoms. The van der Waals surface area contributed by atoms with Crippen LogP contribution in [-0.2, 0) is 0 Å². The highest BCUT2D eigenvalue weighted by atomic mass is 16.2. The van der Waals surface area contributed by atoms with Gasteiger partial charge in [0.05, 0.1) is 6.04 Å². The summed E-state index contributed by atoms with van der Waals surface area (Å²) in [4.78, 5) is 21.8. The summed E-state index contributed by atoms with van der Waals surface area (Å²) in [6.45, 7) is 0.796. The fraction of sp³-hybridized carbons (Fsp3) is 0.250. The molecule has 0 N–H and O–H groups in total. The third-order valence-electron chi connectivity index (χ3n) is 5.43. The van der Waals surface area contributed by atoms with Crippen LogP contribution in [0.15, 0.2) is 79.0 Å². The van der Waals surface area contributed by atoms with Gasteiger partial charge in [0.2, 0.25) is 0 Å². The molecule has 2 aromatic carbocycles. The van der Waals surface area contributed by atoms with Crippen molar-refractivity contribution < 1.29 is 4.79 Å². The van der Waals surface area contributed by atoms with Gasteiger partial charge in [-0.1, -0.05) is 42.5 Å². The van der Waals surface area contributed by atoms with Crippen LogP contribution < -0.4 is 4.90 Å². The van der Waals surface area contributed by atoms with Crippen LogP contribution in [-0.4, -0.2) is 29.4 Å². The molecule has 0 unspecified atom stereocenters. The Hall–Kier alpha value is -3.14. The lowest BCUT2D eigenvalue weighted by Gasteiger charge is -2.36. The Morgan fingerprint density at radius 1 is 0.964 bits per heavy atom. The highest BCUT2D eigenvalue weighted by Crippen LogP contribution is 2.33. The van der Waals surface area contributed by atoms with Crippen LogP contribution in [0.25, 0.3) is 0 Å². The van der Waals surface area contributed by atoms with Crippen molar-refractivity contribution in [3.8, 4) is 0 Å². The van der Waals surface area contributed by atoms with Gasteiger partial charge in [0.15, 0.2) is 0 Å². The van der Waals surface area contributed by atoms with Gasteiger partial charge in [-0.25, -0.2) is 4.98 Å². The zero-order valence-electron chi connectivity index (χ0n) is 16.2. The molecule has 2 heterocycles. The topological polar surface area (TPSA) is 36.4 Å². The molecule has 4 heteroatoms. The normalized spacial score (nSPS) is 16.6. The Balaban J connectivity index is 1.56. The molecule has 1 aliphatic heterocycles. The number of hydrogen-bond acceptors (Lipinski definition) is 3. The summed E-state index contributed by atoms with van der Waals surface area (Å²) in [5.41, 5.74) is 2.96. The number of aromatic nitrogens is 1. The molecular formula is C24H25N3O. The first-order chi connectivity index (χ1) is 13.7. The fourth-order valence-corrected chi connectivity index (χ4v) is 3.84. The largest absolute Gasteiger partial charge is 0.332 e. The number of anilines is 2. The van der Waals surface area contributed by atoms with Gasteiger partial charge in [-0.15, -0.1) is 0 Å². The fourth-order valence-electron chi connectivity index (χ4n) is 3.84. The van der Waals surface area contributed by atoms with Crippen molar-refractivity contribution in [1.29, 1.82) is 0 Å². The number of likely N-dealkylation sites (tertiary alicyclic amines) is 1. The predicted octanol–water partition coefficient (Wildman–Crippen LogP) is 5.22. The van der Waals surface area contributed by atoms with Crippen LogP contribution in [0.3, 0.4) is 0 Å². The van der Waals surface area contributed by atoms with Gasteiger partial charge in [-0.3, -0.25) is 4.79 Å². The molecule has 1 amide bonds. The zero-order chi connectivity index (χ0) is 19.3. The molecule has 0 saturated carbocycles. The van der Waals surface area contributed by atoms with Crippen LogP contribution in [0, 0.1) is 0 Å². The number of hydrogen-bond donors (Lipinski definition) is 0. The van der Waals surface area contributed by atoms with Gasteiger partial charge >= 0.3 is 0 Å². The Morgan fingerprint density at radius 2 is 1.68 bits per heavy atom. The van der Waals surface area contributed by atoms with Crippen molar-refractivity contribution in [3.05, 3.63) is 90.1 Å². The Labute approximate surface area is 166 Å². The van der Waals surface area contributed by atoms with E-state index in [0.717, 1.165) is 48.4 Å². The van der Waals surface area contributed by atoms with Crippen LogP contribution in [0.2, 0.25) is 0 Å². The van der Waals surface area contributed by atoms with E-state index in [1.54, 1.807) is 0 Å². The lowest BCUT2D eigenvalue weighted by molar-refractivity contribution is 0.0611. The molecule has 1 saturated heterocycles. The number of pyridine rings is 1. The summed E-state index contributed by atoms with van der Waals surface area (Å²) in [5, 5.41) is 0. The number of para-hydroxylation sites is 1. The monoisotopic (exact) mass is 371 g/mol. The molecule has 0 spiro atoms. The lowest BCUT2D eigenvalue weighted by Crippen LogP contribution is -2.38. The standard InChI is InChI=1S/C24H25N3O/c1-26(21-12-6-3-7-13-21)23-16-15-20(18-25-23)22-14-8-9-17-27(22)24(28)19-10-4-2-5-11-19/h2-7,10-13,15-16,18,22H,8-9,14,17H2,1H3/t22-/m1/s1. The van der Waals surface area contributed by atoms with Gasteiger partial charge in [0, 0.05) is 31.0 Å². The molecule has 142 valence electrons. The summed E-state index contributed by atoms with van der Waals surface area (Å²) < 4.78 is 0. The quantitative estimate of drug-likeness (QED) is 0.631. The number of carbonyl (C=O) groups is 1. The van der Waals surface area contributed by atoms with E-state index in [4.69, 9.17) is 0 Å². The molecule has 0 radical (unpaired) electrons. The van der Waals surface area contributed by atoms with Crippen molar-refractivity contribution in [2.75, 3.05) is 18.5 Å². The summed E-state index contributed by atoms with van der Waals surface area (Å²) in [5.74, 6) is 1.00. The summed E-state index contributed by atoms with van der Waals surface area (Å²) in [6.07, 6.45) is 5.09. The first-order valence-corrected chi connectivity index (χ1v) is 9.85. The van der Waals surface area contributed by atoms with E-state index in [2.05, 4.69) is 28.1 Å². The number of nitrogens with zero attached hydrogens (tertiary/aromatic N) is 3. The maximum atomic E-state index is 13.0. The number of rotatable bonds is 4. The molecule has 3 aromatic rings. The Kier molecular flexibility index (Phi) is 5.38. The number of piperidine rings is 1. The van der Waals surface area contributed by atoms with Crippen molar-refractivity contribution in [1.82, 2.24) is 9.88 Å². The van der Waals surface area contributed by atoms with Crippen molar-refractivity contribution >= 4 is 17.4 Å². The first kappa shape index (κ1) is 18.2. The second-order valence-electron chi connectivity index (χ2n) is 7.22. The molecular weight excluding hydrogens is 346 g/mol. The zero-order valence-corrected chi connectivity index (χ0v) is 16.2. The van der Waals surface area contributed by atoms with Crippen molar-refractivity contribution in [2.24, 2.45) is 0 Å². The van der Waals surface area contributed by atoms with Crippen LogP contribution in [0.1, 0.15) is 41.2 Å². The molecule has 1 aromatic heterocycles. The van der Waals surface area contributed by atoms with E-state index in [9.17, 15) is 4.79 Å². The van der Waals surface area contributed by atoms with Crippen LogP contribution >= 0.6 is 0 Å². The third kappa shape index (κ3) is 3.77. The van der Waals surface area contributed by atoms with E-state index < -0.39 is 0 Å². The van der Waals surface area contributed by atoms with E-state index in [-0.39, 0.29) is 11.9 Å². The van der Waals surface area contributed by atoms with Gasteiger partial charge in [0.1, 0.15) is 5.82 Å². The minimum atomic E-state index is 0.0880. The van der Waals surface area contributed by atoms with Crippen molar-refractivity contribution in [3.63, 3.8) is 0 Å². The maximum Gasteiger partial charge on any atom is 0.254 e. The highest BCUT2D eigenvalue weighted by molar-refractivity contribution is 5.94. The summed E-state index contributed by atoms with van der Waals surface area (Å²) >= 11 is 0. The van der Waals surface area contributed by atoms with Crippen molar-refractivity contribution in [2.45, 2.75) is 25.3 Å². The SMILES string of the molecule is CN(c1ccccc1)c1ccc([C@H]2CCCCN2C(=O)c2ccccc2)cn1. The lowest BCUT2D eigenvalue weighted by atomic mass is 9.95. The molecule has 4 nitrogen and oxygen atoms in total. The summed E-state index contributed by atoms with van der Waals surface area (Å²) in [7, 11) is 2.02. The average molecular weight is 371 g/mol. The first-order valence-electron chi connectivity index (χ1n) is 9.85. The Bertz CT molecular complexity index is 910. The summed E-state index contributed by atoms with van der Waals surface area (Å²) in [6, 6.07) is 24.0. The Morgan fingerprint density at radius 3 is 2.36 bits per heavy atom. The molecule has 0 aliphatic carbocycles. The third-order valence-corrected chi connectivity index (χ3v) is 5.43. The molecule has 1 atom stereocenters. The van der Waals surface area contributed by atoms with E-state index in [1.165, 1.54) is 0 Å². The second-order valence-corrected chi connectivity index (χ2v) is 7.22. The van der Waals surface area contributed by atoms with Gasteiger partial charge < -0.3 is 9.80 Å². The number of benzene rings is 2. The minimum absolute atomic E-state index is 0.0880. The smallest absolute Gasteiger partial charge is 0.254 e. The molecule has 1 fully saturated rings. The minimum Gasteiger partial charge on any atom is -0.332 e. The average Bonchev–Trinajstić information content (AvgIpc) is 2.79. The number of amides is 1. The van der Waals surface area contributed by atoms with E-state index in [1.807, 2.05) is 72.7 Å². The second kappa shape index (κ2) is 8.26. The van der Waals surface area contributed by atoms with E-state index >= 15 is 0 Å². The van der Waals surface area contributed by atoms with Crippen LogP contribution in [0.4, 0.5) is 11.5 Å². The van der Waals surface area contributed by atoms with Crippen LogP contribution in [0.5, 0.6) is 0 Å². The van der Waals surface area contributed by atoms with E-state index in [0.29, 0.717) is 0 Å².